The van der Waals surface area contributed by atoms with Crippen LogP contribution in [0, 0.1) is 0 Å². The number of aliphatic hydroxyl groups is 1. The predicted molar refractivity (Wildman–Crippen MR) is 108 cm³/mol. The van der Waals surface area contributed by atoms with Crippen molar-refractivity contribution in [2.45, 2.75) is 63.6 Å². The van der Waals surface area contributed by atoms with Crippen LogP contribution < -0.4 is 5.32 Å². The first-order valence-corrected chi connectivity index (χ1v) is 10.6. The number of hydrogen-bond acceptors (Lipinski definition) is 6. The Morgan fingerprint density at radius 1 is 1.29 bits per heavy atom. The molecule has 1 saturated heterocycles. The van der Waals surface area contributed by atoms with Crippen LogP contribution in [-0.2, 0) is 6.54 Å². The fourth-order valence-corrected chi connectivity index (χ4v) is 4.01. The van der Waals surface area contributed by atoms with Gasteiger partial charge < -0.3 is 14.8 Å². The van der Waals surface area contributed by atoms with Crippen LogP contribution in [-0.4, -0.2) is 70.7 Å². The lowest BCUT2D eigenvalue weighted by Crippen LogP contribution is -2.48. The van der Waals surface area contributed by atoms with Gasteiger partial charge in [-0.15, -0.1) is 6.58 Å². The van der Waals surface area contributed by atoms with Gasteiger partial charge in [0.25, 0.3) is 5.91 Å². The van der Waals surface area contributed by atoms with Gasteiger partial charge in [0.1, 0.15) is 6.26 Å². The van der Waals surface area contributed by atoms with Crippen LogP contribution in [0.25, 0.3) is 0 Å². The summed E-state index contributed by atoms with van der Waals surface area (Å²) < 4.78 is 5.54. The molecule has 1 aliphatic heterocycles. The summed E-state index contributed by atoms with van der Waals surface area (Å²) in [4.78, 5) is 21.3. The second kappa shape index (κ2) is 10.7. The average Bonchev–Trinajstić information content (AvgIpc) is 3.17. The molecule has 156 valence electrons. The second-order valence-corrected chi connectivity index (χ2v) is 8.03. The molecule has 0 radical (unpaired) electrons. The van der Waals surface area contributed by atoms with Crippen molar-refractivity contribution >= 4 is 5.91 Å². The number of rotatable bonds is 9. The van der Waals surface area contributed by atoms with Crippen LogP contribution in [0.1, 0.15) is 61.3 Å². The molecule has 1 saturated carbocycles. The third-order valence-electron chi connectivity index (χ3n) is 5.72. The minimum atomic E-state index is -0.290. The van der Waals surface area contributed by atoms with Crippen molar-refractivity contribution in [3.63, 3.8) is 0 Å². The first-order valence-electron chi connectivity index (χ1n) is 10.6. The number of aromatic nitrogens is 1. The minimum Gasteiger partial charge on any atom is -0.447 e. The first-order chi connectivity index (χ1) is 13.6. The number of oxazole rings is 1. The third kappa shape index (κ3) is 6.43. The van der Waals surface area contributed by atoms with Crippen molar-refractivity contribution in [2.24, 2.45) is 0 Å². The number of carbonyl (C=O) groups is 1. The number of hydrogen-bond donors (Lipinski definition) is 2. The fraction of sp³-hybridized carbons (Fsp3) is 0.714. The van der Waals surface area contributed by atoms with Gasteiger partial charge in [0.05, 0.1) is 12.6 Å². The van der Waals surface area contributed by atoms with Crippen LogP contribution >= 0.6 is 0 Å². The molecular formula is C21H34N4O3. The summed E-state index contributed by atoms with van der Waals surface area (Å²) in [5, 5.41) is 13.1. The lowest BCUT2D eigenvalue weighted by molar-refractivity contribution is 0.0642. The van der Waals surface area contributed by atoms with Gasteiger partial charge in [-0.1, -0.05) is 25.3 Å². The van der Waals surface area contributed by atoms with E-state index >= 15 is 0 Å². The largest absolute Gasteiger partial charge is 0.447 e. The molecule has 2 N–H and O–H groups in total. The van der Waals surface area contributed by atoms with E-state index in [1.165, 1.54) is 25.5 Å². The molecule has 1 atom stereocenters. The van der Waals surface area contributed by atoms with Crippen LogP contribution in [0.2, 0.25) is 0 Å². The van der Waals surface area contributed by atoms with Crippen LogP contribution in [0.3, 0.4) is 0 Å². The van der Waals surface area contributed by atoms with E-state index in [9.17, 15) is 9.90 Å². The lowest BCUT2D eigenvalue weighted by atomic mass is 9.95. The molecule has 2 heterocycles. The number of nitrogens with zero attached hydrogens (tertiary/aromatic N) is 3. The predicted octanol–water partition coefficient (Wildman–Crippen LogP) is 2.18. The summed E-state index contributed by atoms with van der Waals surface area (Å²) in [5.41, 5.74) is 0.379. The highest BCUT2D eigenvalue weighted by molar-refractivity contribution is 5.92. The van der Waals surface area contributed by atoms with E-state index < -0.39 is 0 Å². The topological polar surface area (TPSA) is 81.8 Å². The maximum Gasteiger partial charge on any atom is 0.273 e. The van der Waals surface area contributed by atoms with Crippen LogP contribution in [0.4, 0.5) is 0 Å². The molecule has 1 aromatic rings. The first kappa shape index (κ1) is 21.0. The quantitative estimate of drug-likeness (QED) is 0.629. The van der Waals surface area contributed by atoms with Crippen molar-refractivity contribution in [3.8, 4) is 0 Å². The maximum absolute atomic E-state index is 12.4. The molecule has 2 aliphatic rings. The molecule has 1 aliphatic carbocycles. The van der Waals surface area contributed by atoms with Crippen molar-refractivity contribution < 1.29 is 14.3 Å². The van der Waals surface area contributed by atoms with Crippen molar-refractivity contribution in [2.75, 3.05) is 32.7 Å². The number of β-amino-alcohol motifs (C(OH)–C–C–N with tert-alkyl or cyclic N) is 1. The molecular weight excluding hydrogens is 356 g/mol. The van der Waals surface area contributed by atoms with E-state index in [0.29, 0.717) is 24.7 Å². The summed E-state index contributed by atoms with van der Waals surface area (Å²) in [5.74, 6) is 0.466. The zero-order valence-electron chi connectivity index (χ0n) is 16.8. The molecule has 28 heavy (non-hydrogen) atoms. The van der Waals surface area contributed by atoms with E-state index in [4.69, 9.17) is 4.42 Å². The van der Waals surface area contributed by atoms with E-state index in [1.807, 2.05) is 6.08 Å². The highest BCUT2D eigenvalue weighted by Crippen LogP contribution is 2.18. The summed E-state index contributed by atoms with van der Waals surface area (Å²) in [6, 6.07) is 0.274. The monoisotopic (exact) mass is 390 g/mol. The van der Waals surface area contributed by atoms with Gasteiger partial charge in [0, 0.05) is 38.8 Å². The Labute approximate surface area is 167 Å². The maximum atomic E-state index is 12.4. The Kier molecular flexibility index (Phi) is 8.06. The van der Waals surface area contributed by atoms with Crippen molar-refractivity contribution in [1.82, 2.24) is 20.1 Å². The molecule has 1 amide bonds. The Hall–Kier alpha value is -1.70. The van der Waals surface area contributed by atoms with E-state index in [2.05, 4.69) is 26.7 Å². The smallest absolute Gasteiger partial charge is 0.273 e. The van der Waals surface area contributed by atoms with Gasteiger partial charge in [0.2, 0.25) is 5.89 Å². The van der Waals surface area contributed by atoms with E-state index in [-0.39, 0.29) is 18.1 Å². The molecule has 0 spiro atoms. The molecule has 7 nitrogen and oxygen atoms in total. The van der Waals surface area contributed by atoms with Gasteiger partial charge in [-0.2, -0.15) is 0 Å². The number of piperazine rings is 1. The zero-order valence-corrected chi connectivity index (χ0v) is 16.8. The number of nitrogens with one attached hydrogen (secondary N) is 1. The minimum absolute atomic E-state index is 0.125. The molecule has 3 rings (SSSR count). The Morgan fingerprint density at radius 2 is 2.00 bits per heavy atom. The highest BCUT2D eigenvalue weighted by Gasteiger charge is 2.22. The van der Waals surface area contributed by atoms with Gasteiger partial charge in [-0.3, -0.25) is 14.6 Å². The second-order valence-electron chi connectivity index (χ2n) is 8.03. The lowest BCUT2D eigenvalue weighted by Gasteiger charge is -2.34. The number of aliphatic hydroxyl groups excluding tert-OH is 1. The summed E-state index contributed by atoms with van der Waals surface area (Å²) in [6.07, 6.45) is 10.4. The SMILES string of the molecule is C=CCCC(O)CN1CCN(Cc2nc(C(=O)NC3CCCCC3)co2)CC1. The number of carbonyl (C=O) groups excluding carboxylic acids is 1. The van der Waals surface area contributed by atoms with Gasteiger partial charge >= 0.3 is 0 Å². The Bertz CT molecular complexity index is 619. The van der Waals surface area contributed by atoms with Crippen LogP contribution in [0.5, 0.6) is 0 Å². The molecule has 0 aromatic carbocycles. The Morgan fingerprint density at radius 3 is 2.71 bits per heavy atom. The average molecular weight is 391 g/mol. The van der Waals surface area contributed by atoms with Crippen molar-refractivity contribution in [1.29, 1.82) is 0 Å². The van der Waals surface area contributed by atoms with Crippen molar-refractivity contribution in [3.05, 3.63) is 30.5 Å². The molecule has 2 fully saturated rings. The fourth-order valence-electron chi connectivity index (χ4n) is 4.01. The third-order valence-corrected chi connectivity index (χ3v) is 5.72. The molecule has 1 unspecified atom stereocenters. The van der Waals surface area contributed by atoms with E-state index in [0.717, 1.165) is 51.9 Å². The highest BCUT2D eigenvalue weighted by atomic mass is 16.3. The normalized spacial score (nSPS) is 20.8. The summed E-state index contributed by atoms with van der Waals surface area (Å²) in [7, 11) is 0. The van der Waals surface area contributed by atoms with E-state index in [1.54, 1.807) is 0 Å². The van der Waals surface area contributed by atoms with Gasteiger partial charge in [-0.25, -0.2) is 4.98 Å². The summed E-state index contributed by atoms with van der Waals surface area (Å²) in [6.45, 7) is 8.67. The molecule has 1 aromatic heterocycles. The van der Waals surface area contributed by atoms with Gasteiger partial charge in [0.15, 0.2) is 5.69 Å². The van der Waals surface area contributed by atoms with Gasteiger partial charge in [-0.05, 0) is 25.7 Å². The summed E-state index contributed by atoms with van der Waals surface area (Å²) >= 11 is 0. The standard InChI is InChI=1S/C21H34N4O3/c1-2-3-9-18(26)14-24-10-12-25(13-11-24)15-20-23-19(16-28-20)21(27)22-17-7-5-4-6-8-17/h2,16-18,26H,1,3-15H2,(H,22,27). The molecule has 0 bridgehead atoms. The zero-order chi connectivity index (χ0) is 19.8. The Balaban J connectivity index is 1.39. The number of amides is 1. The molecule has 7 heteroatoms. The number of allylic oxidation sites excluding steroid dienone is 1. The van der Waals surface area contributed by atoms with Crippen LogP contribution in [0.15, 0.2) is 23.3 Å².